The minimum Gasteiger partial charge on any atom is -0.280 e. The van der Waals surface area contributed by atoms with Crippen molar-refractivity contribution in [3.63, 3.8) is 0 Å². The number of thiazole rings is 1. The summed E-state index contributed by atoms with van der Waals surface area (Å²) < 4.78 is 52.5. The molecule has 0 aliphatic carbocycles. The van der Waals surface area contributed by atoms with Crippen LogP contribution in [-0.2, 0) is 19.9 Å². The Labute approximate surface area is 156 Å². The Hall–Kier alpha value is -1.97. The second kappa shape index (κ2) is 6.64. The molecule has 3 aromatic rings. The Bertz CT molecular complexity index is 1200. The minimum absolute atomic E-state index is 0.0288. The highest BCUT2D eigenvalue weighted by Crippen LogP contribution is 2.29. The maximum Gasteiger partial charge on any atom is 0.262 e. The van der Waals surface area contributed by atoms with Gasteiger partial charge in [-0.1, -0.05) is 24.6 Å². The highest BCUT2D eigenvalue weighted by atomic mass is 32.2. The predicted octanol–water partition coefficient (Wildman–Crippen LogP) is 3.51. The molecule has 2 aromatic carbocycles. The van der Waals surface area contributed by atoms with Crippen LogP contribution in [0.25, 0.3) is 10.2 Å². The number of aryl methyl sites for hydroxylation is 2. The molecule has 26 heavy (non-hydrogen) atoms. The Morgan fingerprint density at radius 1 is 1.04 bits per heavy atom. The van der Waals surface area contributed by atoms with E-state index in [9.17, 15) is 16.8 Å². The van der Waals surface area contributed by atoms with Gasteiger partial charge in [-0.05, 0) is 43.7 Å². The summed E-state index contributed by atoms with van der Waals surface area (Å²) in [6.07, 6.45) is 0. The second-order valence-corrected chi connectivity index (χ2v) is 11.1. The molecular weight excluding hydrogens is 392 g/mol. The van der Waals surface area contributed by atoms with E-state index in [-0.39, 0.29) is 15.0 Å². The number of nitrogens with zero attached hydrogens (tertiary/aromatic N) is 1. The van der Waals surface area contributed by atoms with Gasteiger partial charge in [0.1, 0.15) is 0 Å². The monoisotopic (exact) mass is 410 g/mol. The molecule has 0 amide bonds. The fraction of sp³-hybridized carbons (Fsp3) is 0.235. The molecule has 0 unspecified atom stereocenters. The maximum atomic E-state index is 12.7. The fourth-order valence-corrected chi connectivity index (χ4v) is 6.16. The third-order valence-corrected chi connectivity index (χ3v) is 8.64. The molecule has 138 valence electrons. The number of rotatable bonds is 5. The second-order valence-electron chi connectivity index (χ2n) is 5.94. The summed E-state index contributed by atoms with van der Waals surface area (Å²) in [4.78, 5) is 4.34. The number of fused-ring (bicyclic) bond motifs is 1. The molecular formula is C17H18N2O4S3. The molecule has 0 radical (unpaired) electrons. The van der Waals surface area contributed by atoms with Gasteiger partial charge in [-0.15, -0.1) is 11.3 Å². The van der Waals surface area contributed by atoms with E-state index in [0.717, 1.165) is 16.9 Å². The van der Waals surface area contributed by atoms with E-state index >= 15 is 0 Å². The van der Waals surface area contributed by atoms with Gasteiger partial charge in [-0.3, -0.25) is 4.72 Å². The van der Waals surface area contributed by atoms with E-state index in [0.29, 0.717) is 21.5 Å². The van der Waals surface area contributed by atoms with E-state index in [4.69, 9.17) is 0 Å². The van der Waals surface area contributed by atoms with Gasteiger partial charge in [0.15, 0.2) is 0 Å². The van der Waals surface area contributed by atoms with Crippen molar-refractivity contribution in [2.75, 3.05) is 10.5 Å². The molecule has 3 rings (SSSR count). The molecule has 0 spiro atoms. The first-order valence-electron chi connectivity index (χ1n) is 7.86. The summed E-state index contributed by atoms with van der Waals surface area (Å²) >= 11 is 1.04. The van der Waals surface area contributed by atoms with Gasteiger partial charge in [0.2, 0.25) is 14.2 Å². The third kappa shape index (κ3) is 3.60. The quantitative estimate of drug-likeness (QED) is 0.695. The first kappa shape index (κ1) is 18.8. The Kier molecular flexibility index (Phi) is 4.80. The lowest BCUT2D eigenvalue weighted by atomic mass is 10.2. The highest BCUT2D eigenvalue weighted by Gasteiger charge is 2.19. The molecule has 0 atom stereocenters. The van der Waals surface area contributed by atoms with Gasteiger partial charge in [0.05, 0.1) is 26.6 Å². The van der Waals surface area contributed by atoms with Crippen LogP contribution in [0.5, 0.6) is 0 Å². The maximum absolute atomic E-state index is 12.7. The molecule has 0 bridgehead atoms. The van der Waals surface area contributed by atoms with Crippen LogP contribution in [0, 0.1) is 13.8 Å². The van der Waals surface area contributed by atoms with Gasteiger partial charge in [-0.2, -0.15) is 0 Å². The lowest BCUT2D eigenvalue weighted by Gasteiger charge is -2.11. The predicted molar refractivity (Wildman–Crippen MR) is 104 cm³/mol. The van der Waals surface area contributed by atoms with E-state index in [2.05, 4.69) is 9.71 Å². The standard InChI is InChI=1S/C17H18N2O4S3/c1-4-25(20,21)17-18-14-7-6-13(10-15(14)24-17)19-26(22,23)16-8-5-11(2)9-12(16)3/h5-10,19H,4H2,1-3H3. The molecule has 0 fully saturated rings. The minimum atomic E-state index is -3.74. The van der Waals surface area contributed by atoms with Crippen molar-refractivity contribution < 1.29 is 16.8 Å². The molecule has 0 saturated carbocycles. The highest BCUT2D eigenvalue weighted by molar-refractivity contribution is 7.93. The fourth-order valence-electron chi connectivity index (χ4n) is 2.53. The number of hydrogen-bond acceptors (Lipinski definition) is 6. The summed E-state index contributed by atoms with van der Waals surface area (Å²) in [5.74, 6) is -0.0288. The topological polar surface area (TPSA) is 93.2 Å². The van der Waals surface area contributed by atoms with Crippen molar-refractivity contribution in [2.45, 2.75) is 30.0 Å². The van der Waals surface area contributed by atoms with Gasteiger partial charge >= 0.3 is 0 Å². The van der Waals surface area contributed by atoms with Gasteiger partial charge in [0.25, 0.3) is 10.0 Å². The zero-order chi connectivity index (χ0) is 19.1. The first-order chi connectivity index (χ1) is 12.1. The number of hydrogen-bond donors (Lipinski definition) is 1. The molecule has 9 heteroatoms. The van der Waals surface area contributed by atoms with Crippen molar-refractivity contribution >= 4 is 47.1 Å². The van der Waals surface area contributed by atoms with Crippen LogP contribution in [0.15, 0.2) is 45.6 Å². The van der Waals surface area contributed by atoms with E-state index in [1.165, 1.54) is 0 Å². The Morgan fingerprint density at radius 2 is 1.77 bits per heavy atom. The van der Waals surface area contributed by atoms with E-state index < -0.39 is 19.9 Å². The molecule has 1 aromatic heterocycles. The van der Waals surface area contributed by atoms with Gasteiger partial charge in [-0.25, -0.2) is 21.8 Å². The number of sulfone groups is 1. The Morgan fingerprint density at radius 3 is 2.42 bits per heavy atom. The van der Waals surface area contributed by atoms with Crippen LogP contribution in [0.3, 0.4) is 0 Å². The van der Waals surface area contributed by atoms with Crippen molar-refractivity contribution in [3.8, 4) is 0 Å². The number of nitrogens with one attached hydrogen (secondary N) is 1. The van der Waals surface area contributed by atoms with Crippen molar-refractivity contribution in [3.05, 3.63) is 47.5 Å². The van der Waals surface area contributed by atoms with Crippen LogP contribution in [0.2, 0.25) is 0 Å². The molecule has 0 aliphatic rings. The smallest absolute Gasteiger partial charge is 0.262 e. The van der Waals surface area contributed by atoms with Crippen molar-refractivity contribution in [2.24, 2.45) is 0 Å². The molecule has 1 N–H and O–H groups in total. The van der Waals surface area contributed by atoms with Gasteiger partial charge < -0.3 is 0 Å². The molecule has 6 nitrogen and oxygen atoms in total. The van der Waals surface area contributed by atoms with Crippen LogP contribution in [0.4, 0.5) is 5.69 Å². The van der Waals surface area contributed by atoms with E-state index in [1.54, 1.807) is 44.2 Å². The Balaban J connectivity index is 1.98. The van der Waals surface area contributed by atoms with Crippen LogP contribution in [-0.4, -0.2) is 27.6 Å². The summed E-state index contributed by atoms with van der Waals surface area (Å²) in [6, 6.07) is 9.91. The summed E-state index contributed by atoms with van der Waals surface area (Å²) in [6.45, 7) is 5.21. The number of sulfonamides is 1. The van der Waals surface area contributed by atoms with Crippen molar-refractivity contribution in [1.29, 1.82) is 0 Å². The normalized spacial score (nSPS) is 12.4. The number of anilines is 1. The zero-order valence-electron chi connectivity index (χ0n) is 14.5. The third-order valence-electron chi connectivity index (χ3n) is 3.89. The van der Waals surface area contributed by atoms with E-state index in [1.807, 2.05) is 13.0 Å². The lowest BCUT2D eigenvalue weighted by molar-refractivity contribution is 0.596. The summed E-state index contributed by atoms with van der Waals surface area (Å²) in [5.41, 5.74) is 2.53. The first-order valence-corrected chi connectivity index (χ1v) is 11.8. The summed E-state index contributed by atoms with van der Waals surface area (Å²) in [7, 11) is -7.13. The summed E-state index contributed by atoms with van der Waals surface area (Å²) in [5, 5.41) is 0. The molecule has 0 saturated heterocycles. The van der Waals surface area contributed by atoms with Gasteiger partial charge in [0, 0.05) is 0 Å². The average Bonchev–Trinajstić information content (AvgIpc) is 2.98. The SMILES string of the molecule is CCS(=O)(=O)c1nc2ccc(NS(=O)(=O)c3ccc(C)cc3C)cc2s1. The zero-order valence-corrected chi connectivity index (χ0v) is 16.9. The number of aromatic nitrogens is 1. The average molecular weight is 411 g/mol. The van der Waals surface area contributed by atoms with Crippen LogP contribution in [0.1, 0.15) is 18.1 Å². The van der Waals surface area contributed by atoms with Crippen LogP contribution >= 0.6 is 11.3 Å². The lowest BCUT2D eigenvalue weighted by Crippen LogP contribution is -2.14. The van der Waals surface area contributed by atoms with Crippen LogP contribution < -0.4 is 4.72 Å². The molecule has 1 heterocycles. The largest absolute Gasteiger partial charge is 0.280 e. The molecule has 0 aliphatic heterocycles. The number of benzene rings is 2. The van der Waals surface area contributed by atoms with Crippen molar-refractivity contribution in [1.82, 2.24) is 4.98 Å².